The van der Waals surface area contributed by atoms with Gasteiger partial charge in [0.1, 0.15) is 0 Å². The lowest BCUT2D eigenvalue weighted by molar-refractivity contribution is 0.0734. The molecule has 0 aliphatic heterocycles. The summed E-state index contributed by atoms with van der Waals surface area (Å²) >= 11 is 0. The molecule has 0 aromatic rings. The maximum Gasteiger partial charge on any atom is 0.529 e. The van der Waals surface area contributed by atoms with Gasteiger partial charge in [-0.15, -0.1) is 0 Å². The highest BCUT2D eigenvalue weighted by atomic mass is 28.4. The van der Waals surface area contributed by atoms with E-state index in [2.05, 4.69) is 13.8 Å². The van der Waals surface area contributed by atoms with Crippen molar-refractivity contribution in [1.82, 2.24) is 0 Å². The predicted octanol–water partition coefficient (Wildman–Crippen LogP) is 3.71. The van der Waals surface area contributed by atoms with Crippen molar-refractivity contribution in [1.29, 1.82) is 0 Å². The van der Waals surface area contributed by atoms with Crippen molar-refractivity contribution in [2.75, 3.05) is 19.8 Å². The SMILES string of the molecule is CC=C[Si](OCC)(OCCCC)OCCCC. The number of rotatable bonds is 11. The van der Waals surface area contributed by atoms with E-state index in [0.29, 0.717) is 6.61 Å². The van der Waals surface area contributed by atoms with Gasteiger partial charge < -0.3 is 13.3 Å². The lowest BCUT2D eigenvalue weighted by Gasteiger charge is -2.26. The fraction of sp³-hybridized carbons (Fsp3) is 0.846. The summed E-state index contributed by atoms with van der Waals surface area (Å²) < 4.78 is 17.6. The first-order valence-electron chi connectivity index (χ1n) is 6.80. The van der Waals surface area contributed by atoms with Crippen molar-refractivity contribution in [3.05, 3.63) is 11.8 Å². The van der Waals surface area contributed by atoms with Crippen molar-refractivity contribution in [3.8, 4) is 0 Å². The van der Waals surface area contributed by atoms with E-state index in [-0.39, 0.29) is 0 Å². The van der Waals surface area contributed by atoms with Crippen molar-refractivity contribution in [2.45, 2.75) is 53.4 Å². The van der Waals surface area contributed by atoms with Crippen molar-refractivity contribution in [3.63, 3.8) is 0 Å². The van der Waals surface area contributed by atoms with E-state index < -0.39 is 8.80 Å². The smallest absolute Gasteiger partial charge is 0.371 e. The Morgan fingerprint density at radius 2 is 1.41 bits per heavy atom. The monoisotopic (exact) mass is 260 g/mol. The molecule has 0 aliphatic carbocycles. The Hall–Kier alpha value is -0.163. The molecule has 0 bridgehead atoms. The van der Waals surface area contributed by atoms with Crippen LogP contribution in [0.25, 0.3) is 0 Å². The maximum absolute atomic E-state index is 5.91. The first kappa shape index (κ1) is 16.8. The van der Waals surface area contributed by atoms with E-state index in [1.807, 2.05) is 25.6 Å². The zero-order valence-corrected chi connectivity index (χ0v) is 12.8. The van der Waals surface area contributed by atoms with Gasteiger partial charge in [0.05, 0.1) is 0 Å². The molecule has 0 N–H and O–H groups in total. The highest BCUT2D eigenvalue weighted by molar-refractivity contribution is 6.66. The van der Waals surface area contributed by atoms with Gasteiger partial charge in [0.2, 0.25) is 0 Å². The number of hydrogen-bond acceptors (Lipinski definition) is 3. The van der Waals surface area contributed by atoms with Gasteiger partial charge in [-0.2, -0.15) is 0 Å². The van der Waals surface area contributed by atoms with Crippen LogP contribution in [0.3, 0.4) is 0 Å². The van der Waals surface area contributed by atoms with Crippen LogP contribution >= 0.6 is 0 Å². The summed E-state index contributed by atoms with van der Waals surface area (Å²) in [7, 11) is -2.55. The molecule has 0 amide bonds. The molecule has 0 unspecified atom stereocenters. The third-order valence-electron chi connectivity index (χ3n) is 2.32. The second-order valence-corrected chi connectivity index (χ2v) is 6.35. The van der Waals surface area contributed by atoms with E-state index in [1.54, 1.807) is 0 Å². The highest BCUT2D eigenvalue weighted by Crippen LogP contribution is 2.14. The Bertz CT molecular complexity index is 185. The third-order valence-corrected chi connectivity index (χ3v) is 4.96. The minimum atomic E-state index is -2.55. The highest BCUT2D eigenvalue weighted by Gasteiger charge is 2.37. The molecular weight excluding hydrogens is 232 g/mol. The Morgan fingerprint density at radius 1 is 0.882 bits per heavy atom. The van der Waals surface area contributed by atoms with E-state index in [4.69, 9.17) is 13.3 Å². The number of allylic oxidation sites excluding steroid dienone is 1. The molecule has 0 aromatic carbocycles. The summed E-state index contributed by atoms with van der Waals surface area (Å²) in [4.78, 5) is 0. The summed E-state index contributed by atoms with van der Waals surface area (Å²) in [6, 6.07) is 0. The molecule has 0 fully saturated rings. The Labute approximate surface area is 108 Å². The molecular formula is C13H28O3Si. The van der Waals surface area contributed by atoms with Crippen molar-refractivity contribution >= 4 is 8.80 Å². The average molecular weight is 260 g/mol. The van der Waals surface area contributed by atoms with Crippen LogP contribution in [-0.4, -0.2) is 28.6 Å². The molecule has 0 rings (SSSR count). The molecule has 17 heavy (non-hydrogen) atoms. The van der Waals surface area contributed by atoms with Gasteiger partial charge in [-0.3, -0.25) is 0 Å². The van der Waals surface area contributed by atoms with Crippen LogP contribution in [0.2, 0.25) is 0 Å². The lowest BCUT2D eigenvalue weighted by Crippen LogP contribution is -2.45. The first-order chi connectivity index (χ1) is 8.24. The van der Waals surface area contributed by atoms with Crippen LogP contribution in [0.5, 0.6) is 0 Å². The van der Waals surface area contributed by atoms with Crippen LogP contribution in [0.1, 0.15) is 53.4 Å². The fourth-order valence-electron chi connectivity index (χ4n) is 1.39. The van der Waals surface area contributed by atoms with E-state index in [0.717, 1.165) is 38.9 Å². The Morgan fingerprint density at radius 3 is 1.76 bits per heavy atom. The summed E-state index contributed by atoms with van der Waals surface area (Å²) in [6.45, 7) is 10.3. The van der Waals surface area contributed by atoms with E-state index in [1.165, 1.54) is 0 Å². The van der Waals surface area contributed by atoms with Crippen LogP contribution in [0.4, 0.5) is 0 Å². The minimum absolute atomic E-state index is 0.634. The molecule has 0 radical (unpaired) electrons. The Kier molecular flexibility index (Phi) is 10.9. The summed E-state index contributed by atoms with van der Waals surface area (Å²) in [6.07, 6.45) is 6.33. The second kappa shape index (κ2) is 11.0. The van der Waals surface area contributed by atoms with Gasteiger partial charge in [0.15, 0.2) is 0 Å². The molecule has 0 saturated carbocycles. The molecule has 4 heteroatoms. The Balaban J connectivity index is 4.37. The topological polar surface area (TPSA) is 27.7 Å². The molecule has 0 aromatic heterocycles. The molecule has 0 heterocycles. The first-order valence-corrected chi connectivity index (χ1v) is 8.60. The van der Waals surface area contributed by atoms with Crippen LogP contribution in [0.15, 0.2) is 11.8 Å². The van der Waals surface area contributed by atoms with Crippen molar-refractivity contribution < 1.29 is 13.3 Å². The molecule has 3 nitrogen and oxygen atoms in total. The van der Waals surface area contributed by atoms with Gasteiger partial charge in [0, 0.05) is 19.8 Å². The minimum Gasteiger partial charge on any atom is -0.371 e. The normalized spacial score (nSPS) is 12.5. The zero-order valence-electron chi connectivity index (χ0n) is 11.8. The molecule has 0 aliphatic rings. The van der Waals surface area contributed by atoms with E-state index in [9.17, 15) is 0 Å². The quantitative estimate of drug-likeness (QED) is 0.419. The number of unbranched alkanes of at least 4 members (excludes halogenated alkanes) is 2. The summed E-state index contributed by atoms with van der Waals surface area (Å²) in [5.74, 6) is 0. The third kappa shape index (κ3) is 7.71. The largest absolute Gasteiger partial charge is 0.529 e. The molecule has 0 saturated heterocycles. The van der Waals surface area contributed by atoms with E-state index >= 15 is 0 Å². The fourth-order valence-corrected chi connectivity index (χ4v) is 3.60. The standard InChI is InChI=1S/C13H28O3Si/c1-5-9-11-15-17(13-7-3,14-8-4)16-12-10-6-2/h7,13H,5-6,8-12H2,1-4H3. The molecule has 102 valence electrons. The van der Waals surface area contributed by atoms with Crippen molar-refractivity contribution in [2.24, 2.45) is 0 Å². The summed E-state index contributed by atoms with van der Waals surface area (Å²) in [5.41, 5.74) is 1.99. The van der Waals surface area contributed by atoms with Gasteiger partial charge in [-0.05, 0) is 32.4 Å². The van der Waals surface area contributed by atoms with Gasteiger partial charge in [0.25, 0.3) is 0 Å². The van der Waals surface area contributed by atoms with Crippen LogP contribution < -0.4 is 0 Å². The predicted molar refractivity (Wildman–Crippen MR) is 73.9 cm³/mol. The lowest BCUT2D eigenvalue weighted by atomic mass is 10.4. The molecule has 0 spiro atoms. The van der Waals surface area contributed by atoms with Gasteiger partial charge >= 0.3 is 8.80 Å². The van der Waals surface area contributed by atoms with Gasteiger partial charge in [-0.25, -0.2) is 0 Å². The zero-order chi connectivity index (χ0) is 13.0. The maximum atomic E-state index is 5.91. The second-order valence-electron chi connectivity index (χ2n) is 3.94. The van der Waals surface area contributed by atoms with Gasteiger partial charge in [-0.1, -0.05) is 32.8 Å². The average Bonchev–Trinajstić information content (AvgIpc) is 2.30. The number of hydrogen-bond donors (Lipinski definition) is 0. The molecule has 0 atom stereocenters. The van der Waals surface area contributed by atoms with Crippen LogP contribution in [0, 0.1) is 0 Å². The van der Waals surface area contributed by atoms with Crippen LogP contribution in [-0.2, 0) is 13.3 Å². The summed E-state index contributed by atoms with van der Waals surface area (Å²) in [5, 5.41) is 0.